The minimum Gasteiger partial charge on any atom is -0.372 e. The molecular weight excluding hydrogens is 249 g/mol. The summed E-state index contributed by atoms with van der Waals surface area (Å²) in [5.41, 5.74) is 5.83. The largest absolute Gasteiger partial charge is 0.411 e. The number of likely N-dealkylation sites (tertiary alicyclic amines) is 1. The Morgan fingerprint density at radius 1 is 1.39 bits per heavy atom. The van der Waals surface area contributed by atoms with Crippen LogP contribution in [0.1, 0.15) is 19.3 Å². The van der Waals surface area contributed by atoms with Gasteiger partial charge < -0.3 is 15.4 Å². The van der Waals surface area contributed by atoms with Crippen molar-refractivity contribution in [2.75, 3.05) is 26.3 Å². The average Bonchev–Trinajstić information content (AvgIpc) is 3.01. The summed E-state index contributed by atoms with van der Waals surface area (Å²) in [5.74, 6) is 0.335. The molecule has 1 saturated carbocycles. The molecule has 2 fully saturated rings. The van der Waals surface area contributed by atoms with Gasteiger partial charge in [-0.3, -0.25) is 4.79 Å². The number of hydrogen-bond donors (Lipinski definition) is 1. The molecule has 0 spiro atoms. The van der Waals surface area contributed by atoms with Crippen molar-refractivity contribution in [2.24, 2.45) is 11.7 Å². The van der Waals surface area contributed by atoms with Gasteiger partial charge in [-0.05, 0) is 18.8 Å². The Morgan fingerprint density at radius 3 is 2.50 bits per heavy atom. The maximum absolute atomic E-state index is 11.8. The van der Waals surface area contributed by atoms with Crippen molar-refractivity contribution in [3.8, 4) is 0 Å². The minimum absolute atomic E-state index is 0.0170. The first-order chi connectivity index (χ1) is 8.30. The molecule has 0 unspecified atom stereocenters. The highest BCUT2D eigenvalue weighted by atomic mass is 19.4. The summed E-state index contributed by atoms with van der Waals surface area (Å²) in [6, 6.07) is 0. The number of rotatable bonds is 5. The van der Waals surface area contributed by atoms with Crippen LogP contribution in [0.2, 0.25) is 0 Å². The third-order valence-corrected chi connectivity index (χ3v) is 3.44. The van der Waals surface area contributed by atoms with Crippen LogP contribution in [0.15, 0.2) is 0 Å². The lowest BCUT2D eigenvalue weighted by Gasteiger charge is -2.48. The Labute approximate surface area is 103 Å². The third kappa shape index (κ3) is 3.35. The van der Waals surface area contributed by atoms with Crippen LogP contribution in [0.3, 0.4) is 0 Å². The van der Waals surface area contributed by atoms with E-state index < -0.39 is 12.8 Å². The molecule has 1 aliphatic heterocycles. The van der Waals surface area contributed by atoms with Crippen LogP contribution in [0, 0.1) is 5.92 Å². The fraction of sp³-hybridized carbons (Fsp3) is 0.909. The van der Waals surface area contributed by atoms with Gasteiger partial charge in [0.2, 0.25) is 5.91 Å². The molecule has 0 bridgehead atoms. The Bertz CT molecular complexity index is 323. The highest BCUT2D eigenvalue weighted by Crippen LogP contribution is 2.42. The van der Waals surface area contributed by atoms with E-state index in [0.29, 0.717) is 19.0 Å². The number of carbonyl (C=O) groups excluding carboxylic acids is 1. The standard InChI is InChI=1S/C11H17F3N2O2/c12-11(13,14)7-18-4-3-9(17)16-5-10(15,6-16)8-1-2-8/h8H,1-7,15H2. The number of halogens is 3. The molecular formula is C11H17F3N2O2. The van der Waals surface area contributed by atoms with E-state index in [1.54, 1.807) is 4.90 Å². The maximum atomic E-state index is 11.8. The maximum Gasteiger partial charge on any atom is 0.411 e. The van der Waals surface area contributed by atoms with Crippen molar-refractivity contribution in [1.29, 1.82) is 0 Å². The molecule has 104 valence electrons. The van der Waals surface area contributed by atoms with Gasteiger partial charge in [0.1, 0.15) is 6.61 Å². The number of alkyl halides is 3. The molecule has 1 aliphatic carbocycles. The van der Waals surface area contributed by atoms with E-state index in [1.165, 1.54) is 0 Å². The van der Waals surface area contributed by atoms with E-state index in [9.17, 15) is 18.0 Å². The SMILES string of the molecule is NC1(C2CC2)CN(C(=O)CCOCC(F)(F)F)C1. The molecule has 0 aromatic carbocycles. The van der Waals surface area contributed by atoms with Crippen LogP contribution >= 0.6 is 0 Å². The highest BCUT2D eigenvalue weighted by Gasteiger charge is 2.51. The Balaban J connectivity index is 1.59. The summed E-state index contributed by atoms with van der Waals surface area (Å²) in [5, 5.41) is 0. The predicted molar refractivity (Wildman–Crippen MR) is 57.7 cm³/mol. The van der Waals surface area contributed by atoms with Crippen LogP contribution < -0.4 is 5.73 Å². The number of carbonyl (C=O) groups is 1. The van der Waals surface area contributed by atoms with Crippen molar-refractivity contribution in [2.45, 2.75) is 31.0 Å². The molecule has 2 aliphatic rings. The second kappa shape index (κ2) is 4.70. The molecule has 0 atom stereocenters. The lowest BCUT2D eigenvalue weighted by Crippen LogP contribution is -2.69. The molecule has 7 heteroatoms. The van der Waals surface area contributed by atoms with Crippen molar-refractivity contribution >= 4 is 5.91 Å². The molecule has 4 nitrogen and oxygen atoms in total. The number of nitrogens with two attached hydrogens (primary N) is 1. The first-order valence-corrected chi connectivity index (χ1v) is 6.01. The number of ether oxygens (including phenoxy) is 1. The smallest absolute Gasteiger partial charge is 0.372 e. The van der Waals surface area contributed by atoms with Gasteiger partial charge in [-0.2, -0.15) is 13.2 Å². The van der Waals surface area contributed by atoms with Crippen LogP contribution in [-0.2, 0) is 9.53 Å². The number of hydrogen-bond acceptors (Lipinski definition) is 3. The lowest BCUT2D eigenvalue weighted by atomic mass is 9.85. The van der Waals surface area contributed by atoms with Crippen LogP contribution in [-0.4, -0.2) is 48.8 Å². The van der Waals surface area contributed by atoms with Crippen molar-refractivity contribution in [3.05, 3.63) is 0 Å². The fourth-order valence-corrected chi connectivity index (χ4v) is 2.26. The molecule has 0 aromatic heterocycles. The zero-order valence-corrected chi connectivity index (χ0v) is 10.0. The van der Waals surface area contributed by atoms with E-state index in [4.69, 9.17) is 5.73 Å². The normalized spacial score (nSPS) is 22.8. The second-order valence-electron chi connectivity index (χ2n) is 5.18. The van der Waals surface area contributed by atoms with Crippen molar-refractivity contribution < 1.29 is 22.7 Å². The van der Waals surface area contributed by atoms with Crippen molar-refractivity contribution in [3.63, 3.8) is 0 Å². The molecule has 18 heavy (non-hydrogen) atoms. The van der Waals surface area contributed by atoms with E-state index in [2.05, 4.69) is 4.74 Å². The van der Waals surface area contributed by atoms with E-state index >= 15 is 0 Å². The topological polar surface area (TPSA) is 55.6 Å². The molecule has 0 aromatic rings. The molecule has 1 heterocycles. The summed E-state index contributed by atoms with van der Waals surface area (Å²) in [6.45, 7) is -0.454. The first-order valence-electron chi connectivity index (χ1n) is 6.01. The van der Waals surface area contributed by atoms with Gasteiger partial charge >= 0.3 is 6.18 Å². The van der Waals surface area contributed by atoms with Gasteiger partial charge in [0, 0.05) is 13.1 Å². The molecule has 1 saturated heterocycles. The van der Waals surface area contributed by atoms with Gasteiger partial charge in [-0.1, -0.05) is 0 Å². The average molecular weight is 266 g/mol. The van der Waals surface area contributed by atoms with E-state index in [0.717, 1.165) is 12.8 Å². The first kappa shape index (κ1) is 13.6. The van der Waals surface area contributed by atoms with Gasteiger partial charge in [0.15, 0.2) is 0 Å². The Morgan fingerprint density at radius 2 is 2.00 bits per heavy atom. The van der Waals surface area contributed by atoms with Gasteiger partial charge in [-0.15, -0.1) is 0 Å². The number of nitrogens with zero attached hydrogens (tertiary/aromatic N) is 1. The molecule has 1 amide bonds. The summed E-state index contributed by atoms with van der Waals surface area (Å²) < 4.78 is 39.7. The summed E-state index contributed by atoms with van der Waals surface area (Å²) in [6.07, 6.45) is -2.12. The molecule has 0 radical (unpaired) electrons. The van der Waals surface area contributed by atoms with Gasteiger partial charge in [-0.25, -0.2) is 0 Å². The van der Waals surface area contributed by atoms with E-state index in [-0.39, 0.29) is 24.5 Å². The third-order valence-electron chi connectivity index (χ3n) is 3.44. The van der Waals surface area contributed by atoms with Gasteiger partial charge in [0.05, 0.1) is 18.6 Å². The lowest BCUT2D eigenvalue weighted by molar-refractivity contribution is -0.175. The van der Waals surface area contributed by atoms with Crippen LogP contribution in [0.5, 0.6) is 0 Å². The predicted octanol–water partition coefficient (Wildman–Crippen LogP) is 0.905. The van der Waals surface area contributed by atoms with Crippen LogP contribution in [0.4, 0.5) is 13.2 Å². The van der Waals surface area contributed by atoms with Crippen molar-refractivity contribution in [1.82, 2.24) is 4.90 Å². The summed E-state index contributed by atoms with van der Waals surface area (Å²) >= 11 is 0. The number of amides is 1. The minimum atomic E-state index is -4.34. The molecule has 2 rings (SSSR count). The quantitative estimate of drug-likeness (QED) is 0.752. The van der Waals surface area contributed by atoms with Gasteiger partial charge in [0.25, 0.3) is 0 Å². The zero-order valence-electron chi connectivity index (χ0n) is 10.0. The second-order valence-corrected chi connectivity index (χ2v) is 5.18. The summed E-state index contributed by atoms with van der Waals surface area (Å²) in [4.78, 5) is 13.2. The zero-order chi connectivity index (χ0) is 13.4. The molecule has 2 N–H and O–H groups in total. The monoisotopic (exact) mass is 266 g/mol. The van der Waals surface area contributed by atoms with E-state index in [1.807, 2.05) is 0 Å². The fourth-order valence-electron chi connectivity index (χ4n) is 2.26. The Hall–Kier alpha value is -0.820. The highest BCUT2D eigenvalue weighted by molar-refractivity contribution is 5.77. The Kier molecular flexibility index (Phi) is 3.55. The summed E-state index contributed by atoms with van der Waals surface area (Å²) in [7, 11) is 0. The van der Waals surface area contributed by atoms with Crippen LogP contribution in [0.25, 0.3) is 0 Å².